The van der Waals surface area contributed by atoms with Crippen molar-refractivity contribution in [2.75, 3.05) is 38.0 Å². The standard InChI is InChI=1S/C24H28FN3O3/c1-17-3-4-18(2)21(15-17)22(29)9-10-24(31)28-13-11-27(12-14-28)16-23(30)26-20-7-5-19(25)6-8-20/h3-8,15H,9-14,16H2,1-2H3,(H,26,30). The fraction of sp³-hybridized carbons (Fsp3) is 0.375. The van der Waals surface area contributed by atoms with Gasteiger partial charge in [-0.3, -0.25) is 19.3 Å². The minimum Gasteiger partial charge on any atom is -0.340 e. The molecule has 1 saturated heterocycles. The molecule has 0 spiro atoms. The van der Waals surface area contributed by atoms with Gasteiger partial charge in [-0.1, -0.05) is 17.7 Å². The number of piperazine rings is 1. The first-order chi connectivity index (χ1) is 14.8. The van der Waals surface area contributed by atoms with Gasteiger partial charge in [-0.15, -0.1) is 0 Å². The fourth-order valence-corrected chi connectivity index (χ4v) is 3.64. The molecule has 0 atom stereocenters. The monoisotopic (exact) mass is 425 g/mol. The molecule has 0 saturated carbocycles. The highest BCUT2D eigenvalue weighted by Crippen LogP contribution is 2.15. The predicted molar refractivity (Wildman–Crippen MR) is 118 cm³/mol. The van der Waals surface area contributed by atoms with E-state index >= 15 is 0 Å². The van der Waals surface area contributed by atoms with Crippen LogP contribution in [-0.2, 0) is 9.59 Å². The number of anilines is 1. The van der Waals surface area contributed by atoms with Crippen LogP contribution in [0.3, 0.4) is 0 Å². The summed E-state index contributed by atoms with van der Waals surface area (Å²) in [6, 6.07) is 11.4. The smallest absolute Gasteiger partial charge is 0.238 e. The van der Waals surface area contributed by atoms with Crippen molar-refractivity contribution in [2.45, 2.75) is 26.7 Å². The van der Waals surface area contributed by atoms with Gasteiger partial charge in [-0.2, -0.15) is 0 Å². The van der Waals surface area contributed by atoms with Crippen molar-refractivity contribution in [1.82, 2.24) is 9.80 Å². The van der Waals surface area contributed by atoms with Crippen molar-refractivity contribution < 1.29 is 18.8 Å². The Labute approximate surface area is 182 Å². The van der Waals surface area contributed by atoms with Crippen molar-refractivity contribution >= 4 is 23.3 Å². The van der Waals surface area contributed by atoms with E-state index in [-0.39, 0.29) is 42.8 Å². The number of benzene rings is 2. The summed E-state index contributed by atoms with van der Waals surface area (Å²) < 4.78 is 12.9. The van der Waals surface area contributed by atoms with Gasteiger partial charge < -0.3 is 10.2 Å². The lowest BCUT2D eigenvalue weighted by Gasteiger charge is -2.34. The number of nitrogens with zero attached hydrogens (tertiary/aromatic N) is 2. The van der Waals surface area contributed by atoms with E-state index in [4.69, 9.17) is 0 Å². The molecule has 2 amide bonds. The summed E-state index contributed by atoms with van der Waals surface area (Å²) in [4.78, 5) is 40.9. The van der Waals surface area contributed by atoms with E-state index in [9.17, 15) is 18.8 Å². The Bertz CT molecular complexity index is 951. The van der Waals surface area contributed by atoms with Crippen LogP contribution in [0, 0.1) is 19.7 Å². The molecular weight excluding hydrogens is 397 g/mol. The van der Waals surface area contributed by atoms with Crippen LogP contribution in [0.25, 0.3) is 0 Å². The van der Waals surface area contributed by atoms with E-state index in [0.29, 0.717) is 37.4 Å². The first-order valence-electron chi connectivity index (χ1n) is 10.5. The van der Waals surface area contributed by atoms with Crippen LogP contribution in [0.4, 0.5) is 10.1 Å². The maximum atomic E-state index is 12.9. The summed E-state index contributed by atoms with van der Waals surface area (Å²) in [5.74, 6) is -0.570. The van der Waals surface area contributed by atoms with Crippen molar-refractivity contribution in [3.63, 3.8) is 0 Å². The van der Waals surface area contributed by atoms with Gasteiger partial charge >= 0.3 is 0 Å². The molecule has 0 bridgehead atoms. The van der Waals surface area contributed by atoms with Crippen molar-refractivity contribution in [1.29, 1.82) is 0 Å². The highest BCUT2D eigenvalue weighted by molar-refractivity contribution is 5.99. The average molecular weight is 426 g/mol. The van der Waals surface area contributed by atoms with Crippen molar-refractivity contribution in [3.05, 3.63) is 65.0 Å². The van der Waals surface area contributed by atoms with E-state index in [1.807, 2.05) is 36.9 Å². The lowest BCUT2D eigenvalue weighted by Crippen LogP contribution is -2.50. The summed E-state index contributed by atoms with van der Waals surface area (Å²) in [7, 11) is 0. The Balaban J connectivity index is 1.41. The van der Waals surface area contributed by atoms with Gasteiger partial charge in [0.1, 0.15) is 5.82 Å². The number of hydrogen-bond acceptors (Lipinski definition) is 4. The molecule has 7 heteroatoms. The van der Waals surface area contributed by atoms with Crippen LogP contribution >= 0.6 is 0 Å². The molecule has 6 nitrogen and oxygen atoms in total. The number of hydrogen-bond donors (Lipinski definition) is 1. The zero-order valence-corrected chi connectivity index (χ0v) is 18.0. The Kier molecular flexibility index (Phi) is 7.52. The van der Waals surface area contributed by atoms with Crippen molar-refractivity contribution in [2.24, 2.45) is 0 Å². The average Bonchev–Trinajstić information content (AvgIpc) is 2.75. The first-order valence-corrected chi connectivity index (χ1v) is 10.5. The Morgan fingerprint density at radius 3 is 2.29 bits per heavy atom. The van der Waals surface area contributed by atoms with Crippen LogP contribution in [-0.4, -0.2) is 60.1 Å². The molecule has 31 heavy (non-hydrogen) atoms. The molecule has 1 heterocycles. The number of aryl methyl sites for hydroxylation is 2. The second-order valence-corrected chi connectivity index (χ2v) is 7.95. The highest BCUT2D eigenvalue weighted by Gasteiger charge is 2.23. The maximum Gasteiger partial charge on any atom is 0.238 e. The minimum absolute atomic E-state index is 0.00866. The quantitative estimate of drug-likeness (QED) is 0.692. The van der Waals surface area contributed by atoms with Gasteiger partial charge in [0.05, 0.1) is 6.54 Å². The molecule has 0 aliphatic carbocycles. The van der Waals surface area contributed by atoms with Crippen LogP contribution in [0.5, 0.6) is 0 Å². The van der Waals surface area contributed by atoms with E-state index in [1.165, 1.54) is 24.3 Å². The molecule has 0 unspecified atom stereocenters. The van der Waals surface area contributed by atoms with E-state index < -0.39 is 0 Å². The number of carbonyl (C=O) groups is 3. The normalized spacial score (nSPS) is 14.4. The van der Waals surface area contributed by atoms with Crippen LogP contribution in [0.15, 0.2) is 42.5 Å². The summed E-state index contributed by atoms with van der Waals surface area (Å²) in [5, 5.41) is 2.74. The van der Waals surface area contributed by atoms with Gasteiger partial charge in [0.25, 0.3) is 0 Å². The summed E-state index contributed by atoms with van der Waals surface area (Å²) in [6.45, 7) is 6.30. The number of Topliss-reactive ketones (excluding diaryl/α,β-unsaturated/α-hetero) is 1. The third-order valence-electron chi connectivity index (χ3n) is 5.48. The topological polar surface area (TPSA) is 69.7 Å². The molecule has 2 aromatic carbocycles. The lowest BCUT2D eigenvalue weighted by atomic mass is 9.99. The Hall–Kier alpha value is -3.06. The van der Waals surface area contributed by atoms with Crippen LogP contribution < -0.4 is 5.32 Å². The van der Waals surface area contributed by atoms with Gasteiger partial charge in [0.2, 0.25) is 11.8 Å². The maximum absolute atomic E-state index is 12.9. The zero-order valence-electron chi connectivity index (χ0n) is 18.0. The molecule has 0 radical (unpaired) electrons. The van der Waals surface area contributed by atoms with Gasteiger partial charge in [0, 0.05) is 50.3 Å². The third kappa shape index (κ3) is 6.46. The minimum atomic E-state index is -0.352. The van der Waals surface area contributed by atoms with E-state index in [1.54, 1.807) is 4.90 Å². The number of rotatable bonds is 7. The zero-order chi connectivity index (χ0) is 22.4. The number of halogens is 1. The number of amides is 2. The summed E-state index contributed by atoms with van der Waals surface area (Å²) >= 11 is 0. The molecule has 1 aliphatic heterocycles. The van der Waals surface area contributed by atoms with Gasteiger partial charge in [-0.25, -0.2) is 4.39 Å². The molecular formula is C24H28FN3O3. The summed E-state index contributed by atoms with van der Waals surface area (Å²) in [5.41, 5.74) is 3.19. The molecule has 1 fully saturated rings. The van der Waals surface area contributed by atoms with Crippen LogP contribution in [0.1, 0.15) is 34.3 Å². The molecule has 2 aromatic rings. The Morgan fingerprint density at radius 1 is 0.935 bits per heavy atom. The lowest BCUT2D eigenvalue weighted by molar-refractivity contribution is -0.133. The van der Waals surface area contributed by atoms with Crippen LogP contribution in [0.2, 0.25) is 0 Å². The SMILES string of the molecule is Cc1ccc(C)c(C(=O)CCC(=O)N2CCN(CC(=O)Nc3ccc(F)cc3)CC2)c1. The first kappa shape index (κ1) is 22.6. The second kappa shape index (κ2) is 10.3. The van der Waals surface area contributed by atoms with Gasteiger partial charge in [0.15, 0.2) is 5.78 Å². The molecule has 1 aliphatic rings. The number of nitrogens with one attached hydrogen (secondary N) is 1. The fourth-order valence-electron chi connectivity index (χ4n) is 3.64. The van der Waals surface area contributed by atoms with Gasteiger partial charge in [-0.05, 0) is 49.7 Å². The molecule has 164 valence electrons. The van der Waals surface area contributed by atoms with Crippen molar-refractivity contribution in [3.8, 4) is 0 Å². The molecule has 3 rings (SSSR count). The third-order valence-corrected chi connectivity index (χ3v) is 5.48. The van der Waals surface area contributed by atoms with E-state index in [2.05, 4.69) is 5.32 Å². The Morgan fingerprint density at radius 2 is 1.61 bits per heavy atom. The largest absolute Gasteiger partial charge is 0.340 e. The second-order valence-electron chi connectivity index (χ2n) is 7.95. The number of ketones is 1. The van der Waals surface area contributed by atoms with E-state index in [0.717, 1.165) is 11.1 Å². The molecule has 0 aromatic heterocycles. The predicted octanol–water partition coefficient (Wildman–Crippen LogP) is 3.19. The summed E-state index contributed by atoms with van der Waals surface area (Å²) in [6.07, 6.45) is 0.390. The number of carbonyl (C=O) groups excluding carboxylic acids is 3. The molecule has 1 N–H and O–H groups in total. The highest BCUT2D eigenvalue weighted by atomic mass is 19.1.